The zero-order chi connectivity index (χ0) is 30.1. The Balaban J connectivity index is 1.37. The lowest BCUT2D eigenvalue weighted by Gasteiger charge is -2.45. The van der Waals surface area contributed by atoms with Crippen LogP contribution < -0.4 is 4.74 Å². The Bertz CT molecular complexity index is 1370. The molecule has 1 saturated carbocycles. The summed E-state index contributed by atoms with van der Waals surface area (Å²) < 4.78 is 38.7. The molecule has 42 heavy (non-hydrogen) atoms. The van der Waals surface area contributed by atoms with Gasteiger partial charge in [-0.25, -0.2) is 9.59 Å². The van der Waals surface area contributed by atoms with Gasteiger partial charge in [0.1, 0.15) is 36.1 Å². The number of carbonyl (C=O) groups is 3. The van der Waals surface area contributed by atoms with E-state index in [0.29, 0.717) is 0 Å². The first-order chi connectivity index (χ1) is 20.1. The Morgan fingerprint density at radius 2 is 1.81 bits per heavy atom. The zero-order valence-electron chi connectivity index (χ0n) is 22.2. The molecular formula is C27H28O15. The average Bonchev–Trinajstić information content (AvgIpc) is 3.66. The van der Waals surface area contributed by atoms with E-state index in [0.717, 1.165) is 6.26 Å². The number of ketones is 1. The van der Waals surface area contributed by atoms with Crippen LogP contribution in [0.2, 0.25) is 0 Å². The number of Topliss-reactive ketones (excluding diaryl/α,β-unsaturated/α-hetero) is 1. The average molecular weight is 593 g/mol. The predicted octanol–water partition coefficient (Wildman–Crippen LogP) is -1.95. The Morgan fingerprint density at radius 1 is 1.05 bits per heavy atom. The quantitative estimate of drug-likeness (QED) is 0.100. The number of hydrogen-bond acceptors (Lipinski definition) is 15. The van der Waals surface area contributed by atoms with Gasteiger partial charge in [-0.15, -0.1) is 0 Å². The van der Waals surface area contributed by atoms with Crippen LogP contribution in [0.25, 0.3) is 0 Å². The molecule has 4 heterocycles. The normalized spacial score (nSPS) is 39.8. The number of phenolic OH excluding ortho intramolecular Hbond substituents is 1. The van der Waals surface area contributed by atoms with Crippen molar-refractivity contribution in [1.82, 2.24) is 0 Å². The number of phenols is 1. The molecule has 1 aliphatic carbocycles. The summed E-state index contributed by atoms with van der Waals surface area (Å²) in [4.78, 5) is 39.3. The van der Waals surface area contributed by atoms with Crippen molar-refractivity contribution in [3.8, 4) is 11.5 Å². The summed E-state index contributed by atoms with van der Waals surface area (Å²) in [6.45, 7) is -0.704. The van der Waals surface area contributed by atoms with E-state index in [4.69, 9.17) is 33.2 Å². The lowest BCUT2D eigenvalue weighted by molar-refractivity contribution is -0.347. The van der Waals surface area contributed by atoms with E-state index in [1.807, 2.05) is 0 Å². The number of esters is 2. The maximum absolute atomic E-state index is 13.4. The first-order valence-corrected chi connectivity index (χ1v) is 13.0. The summed E-state index contributed by atoms with van der Waals surface area (Å²) in [6.07, 6.45) is -8.57. The number of carbonyl (C=O) groups excluding carboxylic acids is 3. The van der Waals surface area contributed by atoms with Crippen molar-refractivity contribution in [2.75, 3.05) is 20.8 Å². The van der Waals surface area contributed by atoms with E-state index in [1.54, 1.807) is 0 Å². The number of benzene rings is 1. The van der Waals surface area contributed by atoms with Crippen LogP contribution in [0.3, 0.4) is 0 Å². The number of aliphatic hydroxyl groups is 4. The van der Waals surface area contributed by atoms with Crippen molar-refractivity contribution in [1.29, 1.82) is 0 Å². The van der Waals surface area contributed by atoms with Gasteiger partial charge in [0.15, 0.2) is 29.2 Å². The summed E-state index contributed by atoms with van der Waals surface area (Å²) in [6, 6.07) is 3.80. The summed E-state index contributed by atoms with van der Waals surface area (Å²) in [7, 11) is 2.47. The third kappa shape index (κ3) is 4.19. The zero-order valence-corrected chi connectivity index (χ0v) is 22.2. The Morgan fingerprint density at radius 3 is 2.50 bits per heavy atom. The lowest BCUT2D eigenvalue weighted by atomic mass is 9.78. The van der Waals surface area contributed by atoms with Gasteiger partial charge in [-0.1, -0.05) is 0 Å². The van der Waals surface area contributed by atoms with Gasteiger partial charge in [0, 0.05) is 11.5 Å². The van der Waals surface area contributed by atoms with Crippen molar-refractivity contribution in [3.05, 3.63) is 47.2 Å². The number of epoxide rings is 1. The first kappa shape index (κ1) is 28.5. The third-order valence-electron chi connectivity index (χ3n) is 8.30. The van der Waals surface area contributed by atoms with E-state index in [-0.39, 0.29) is 28.2 Å². The van der Waals surface area contributed by atoms with E-state index >= 15 is 0 Å². The number of hydrogen-bond donors (Lipinski definition) is 5. The third-order valence-corrected chi connectivity index (χ3v) is 8.30. The summed E-state index contributed by atoms with van der Waals surface area (Å²) in [5.41, 5.74) is -1.95. The fourth-order valence-electron chi connectivity index (χ4n) is 6.19. The van der Waals surface area contributed by atoms with Crippen molar-refractivity contribution in [3.63, 3.8) is 0 Å². The number of aromatic hydroxyl groups is 1. The standard InChI is InChI=1S/C27H28O15/c1-36-13-5-9(3-4-12(13)29)17(30)10-6-27(42-24(10)35)16-15(21-22(27)40-21)11(23(34)37-2)8-38-25(16)41-26-20(33)19(32)18(31)14(7-28)39-26/h3-6,8,14-16,18-22,25-26,28-29,31-33H,7H2,1-2H3/t14-,15-,16+,18+,19+,20+,21-,22-,25-,26-,27-/m0/s1. The highest BCUT2D eigenvalue weighted by Gasteiger charge is 2.78. The molecule has 0 radical (unpaired) electrons. The van der Waals surface area contributed by atoms with Gasteiger partial charge in [0.05, 0.1) is 44.7 Å². The minimum absolute atomic E-state index is 0.00980. The van der Waals surface area contributed by atoms with Crippen LogP contribution in [-0.2, 0) is 38.0 Å². The minimum Gasteiger partial charge on any atom is -0.504 e. The molecule has 15 heteroatoms. The molecule has 6 rings (SSSR count). The highest BCUT2D eigenvalue weighted by Crippen LogP contribution is 2.62. The van der Waals surface area contributed by atoms with Crippen LogP contribution >= 0.6 is 0 Å². The molecule has 1 spiro atoms. The molecule has 4 aliphatic heterocycles. The van der Waals surface area contributed by atoms with Crippen LogP contribution in [0.1, 0.15) is 10.4 Å². The van der Waals surface area contributed by atoms with Gasteiger partial charge in [-0.05, 0) is 24.3 Å². The molecule has 226 valence electrons. The van der Waals surface area contributed by atoms with E-state index in [9.17, 15) is 39.9 Å². The number of rotatable bonds is 7. The molecule has 11 atom stereocenters. The van der Waals surface area contributed by atoms with Crippen LogP contribution in [-0.4, -0.2) is 119 Å². The van der Waals surface area contributed by atoms with E-state index in [2.05, 4.69) is 0 Å². The van der Waals surface area contributed by atoms with Gasteiger partial charge in [0.25, 0.3) is 0 Å². The Labute approximate surface area is 237 Å². The summed E-state index contributed by atoms with van der Waals surface area (Å²) in [5, 5.41) is 50.4. The highest BCUT2D eigenvalue weighted by atomic mass is 16.8. The summed E-state index contributed by atoms with van der Waals surface area (Å²) >= 11 is 0. The van der Waals surface area contributed by atoms with Crippen LogP contribution in [0.4, 0.5) is 0 Å². The van der Waals surface area contributed by atoms with Crippen molar-refractivity contribution >= 4 is 17.7 Å². The molecule has 1 aromatic rings. The molecule has 0 amide bonds. The number of fused-ring (bicyclic) bond motifs is 5. The topological polar surface area (TPSA) is 220 Å². The smallest absolute Gasteiger partial charge is 0.342 e. The number of aliphatic hydroxyl groups excluding tert-OH is 4. The monoisotopic (exact) mass is 592 g/mol. The van der Waals surface area contributed by atoms with Crippen LogP contribution in [0, 0.1) is 11.8 Å². The molecule has 5 aliphatic rings. The van der Waals surface area contributed by atoms with Gasteiger partial charge < -0.3 is 58.7 Å². The highest BCUT2D eigenvalue weighted by molar-refractivity contribution is 6.25. The van der Waals surface area contributed by atoms with Crippen LogP contribution in [0.5, 0.6) is 11.5 Å². The number of ether oxygens (including phenoxy) is 7. The maximum Gasteiger partial charge on any atom is 0.342 e. The van der Waals surface area contributed by atoms with E-state index in [1.165, 1.54) is 38.5 Å². The minimum atomic E-state index is -1.78. The van der Waals surface area contributed by atoms with Gasteiger partial charge >= 0.3 is 11.9 Å². The van der Waals surface area contributed by atoms with Crippen molar-refractivity contribution in [2.45, 2.75) is 54.8 Å². The van der Waals surface area contributed by atoms with Gasteiger partial charge in [-0.3, -0.25) is 4.79 Å². The molecular weight excluding hydrogens is 564 g/mol. The fourth-order valence-corrected chi connectivity index (χ4v) is 6.19. The first-order valence-electron chi connectivity index (χ1n) is 13.0. The molecule has 2 saturated heterocycles. The molecule has 0 bridgehead atoms. The largest absolute Gasteiger partial charge is 0.504 e. The van der Waals surface area contributed by atoms with Crippen molar-refractivity contribution in [2.24, 2.45) is 11.8 Å². The predicted molar refractivity (Wildman–Crippen MR) is 131 cm³/mol. The van der Waals surface area contributed by atoms with Gasteiger partial charge in [-0.2, -0.15) is 0 Å². The van der Waals surface area contributed by atoms with Crippen LogP contribution in [0.15, 0.2) is 41.7 Å². The maximum atomic E-state index is 13.4. The molecule has 1 aromatic carbocycles. The number of methoxy groups -OCH3 is 2. The van der Waals surface area contributed by atoms with Gasteiger partial charge in [0.2, 0.25) is 6.29 Å². The molecule has 15 nitrogen and oxygen atoms in total. The Kier molecular flexibility index (Phi) is 7.00. The second-order valence-corrected chi connectivity index (χ2v) is 10.5. The molecule has 0 aromatic heterocycles. The Hall–Kier alpha value is -3.57. The second-order valence-electron chi connectivity index (χ2n) is 10.5. The van der Waals surface area contributed by atoms with Crippen molar-refractivity contribution < 1.29 is 73.1 Å². The fraction of sp³-hybridized carbons (Fsp3) is 0.519. The molecule has 5 N–H and O–H groups in total. The molecule has 3 fully saturated rings. The second kappa shape index (κ2) is 10.3. The van der Waals surface area contributed by atoms with E-state index < -0.39 is 91.0 Å². The lowest BCUT2D eigenvalue weighted by Crippen LogP contribution is -2.61. The molecule has 0 unspecified atom stereocenters. The SMILES string of the molecule is COC(=O)C1=CO[C@@H](O[C@@H]2O[C@@H](CO)[C@@H](O)[C@@H](O)[C@H]2O)[C@H]2[C@H]1[C@@H]1O[C@@H]1[C@]21C=C(C(=O)c2ccc(O)c(OC)c2)C(=O)O1. The summed E-state index contributed by atoms with van der Waals surface area (Å²) in [5.74, 6) is -4.53.